The molecule has 0 unspecified atom stereocenters. The van der Waals surface area contributed by atoms with E-state index in [0.29, 0.717) is 27.3 Å². The summed E-state index contributed by atoms with van der Waals surface area (Å²) in [5.41, 5.74) is 0.942. The minimum absolute atomic E-state index is 0.121. The predicted octanol–water partition coefficient (Wildman–Crippen LogP) is 1.32. The van der Waals surface area contributed by atoms with Crippen LogP contribution in [0.5, 0.6) is 0 Å². The summed E-state index contributed by atoms with van der Waals surface area (Å²) in [5, 5.41) is 8.97. The lowest BCUT2D eigenvalue weighted by atomic mass is 9.98. The van der Waals surface area contributed by atoms with E-state index in [9.17, 15) is 19.2 Å². The van der Waals surface area contributed by atoms with Gasteiger partial charge in [0.15, 0.2) is 5.01 Å². The van der Waals surface area contributed by atoms with Gasteiger partial charge in [-0.05, 0) is 25.6 Å². The van der Waals surface area contributed by atoms with Crippen molar-refractivity contribution in [3.05, 3.63) is 32.0 Å². The van der Waals surface area contributed by atoms with Gasteiger partial charge in [-0.1, -0.05) is 11.6 Å². The van der Waals surface area contributed by atoms with Gasteiger partial charge in [0.25, 0.3) is 5.91 Å². The molecule has 34 heavy (non-hydrogen) atoms. The molecule has 4 rings (SSSR count). The molecule has 2 atom stereocenters. The van der Waals surface area contributed by atoms with Crippen LogP contribution in [0.25, 0.3) is 0 Å². The molecule has 4 amide bonds. The standard InChI is InChI=1S/C21H25ClN6O4S2/c1-11(29)28-8-6-12(23-18(30)19(31)26-17-4-3-16(22)34-17)14(9-28)24-20(32)21-25-13-5-7-27(2)10-15(13)33-21/h3-4,12,14H,5-10H2,1-2H3,(H,23,30)(H,24,32)(H,26,31)/t12-,14+/m0/s1. The summed E-state index contributed by atoms with van der Waals surface area (Å²) >= 11 is 8.37. The molecule has 0 saturated carbocycles. The summed E-state index contributed by atoms with van der Waals surface area (Å²) in [6, 6.07) is 2.14. The van der Waals surface area contributed by atoms with Gasteiger partial charge in [-0.25, -0.2) is 4.98 Å². The molecule has 13 heteroatoms. The van der Waals surface area contributed by atoms with Crippen LogP contribution in [0.1, 0.15) is 33.7 Å². The zero-order chi connectivity index (χ0) is 24.4. The summed E-state index contributed by atoms with van der Waals surface area (Å²) in [6.45, 7) is 3.74. The highest BCUT2D eigenvalue weighted by molar-refractivity contribution is 7.20. The molecule has 3 N–H and O–H groups in total. The number of thiazole rings is 1. The van der Waals surface area contributed by atoms with Crippen molar-refractivity contribution >= 4 is 62.9 Å². The Bertz CT molecular complexity index is 1120. The first-order chi connectivity index (χ1) is 16.2. The third-order valence-corrected chi connectivity index (χ3v) is 8.05. The number of amides is 4. The maximum Gasteiger partial charge on any atom is 0.314 e. The fourth-order valence-electron chi connectivity index (χ4n) is 3.99. The SMILES string of the molecule is CC(=O)N1CC[C@H](NC(=O)C(=O)Nc2ccc(Cl)s2)[C@H](NC(=O)c2nc3c(s2)CN(C)CC3)C1. The van der Waals surface area contributed by atoms with Gasteiger partial charge < -0.3 is 25.8 Å². The van der Waals surface area contributed by atoms with Gasteiger partial charge in [-0.3, -0.25) is 19.2 Å². The largest absolute Gasteiger partial charge is 0.343 e. The Hall–Kier alpha value is -2.54. The van der Waals surface area contributed by atoms with E-state index < -0.39 is 23.9 Å². The lowest BCUT2D eigenvalue weighted by Crippen LogP contribution is -2.62. The minimum atomic E-state index is -0.825. The topological polar surface area (TPSA) is 124 Å². The molecule has 10 nitrogen and oxygen atoms in total. The molecule has 2 aliphatic heterocycles. The van der Waals surface area contributed by atoms with E-state index in [2.05, 4.69) is 25.8 Å². The van der Waals surface area contributed by atoms with Gasteiger partial charge in [0.1, 0.15) is 0 Å². The van der Waals surface area contributed by atoms with E-state index in [0.717, 1.165) is 41.4 Å². The van der Waals surface area contributed by atoms with Crippen molar-refractivity contribution in [1.82, 2.24) is 25.4 Å². The number of anilines is 1. The molecule has 0 aromatic carbocycles. The molecule has 182 valence electrons. The minimum Gasteiger partial charge on any atom is -0.343 e. The number of likely N-dealkylation sites (tertiary alicyclic amines) is 1. The van der Waals surface area contributed by atoms with Crippen molar-refractivity contribution < 1.29 is 19.2 Å². The molecule has 2 aromatic rings. The van der Waals surface area contributed by atoms with Crippen LogP contribution in [0.15, 0.2) is 12.1 Å². The molecular weight excluding hydrogens is 500 g/mol. The first-order valence-electron chi connectivity index (χ1n) is 10.8. The predicted molar refractivity (Wildman–Crippen MR) is 130 cm³/mol. The zero-order valence-electron chi connectivity index (χ0n) is 18.7. The second-order valence-electron chi connectivity index (χ2n) is 8.35. The van der Waals surface area contributed by atoms with Crippen molar-refractivity contribution in [3.63, 3.8) is 0 Å². The molecule has 2 aliphatic rings. The Morgan fingerprint density at radius 3 is 2.59 bits per heavy atom. The highest BCUT2D eigenvalue weighted by atomic mass is 35.5. The van der Waals surface area contributed by atoms with Gasteiger partial charge in [-0.15, -0.1) is 22.7 Å². The molecular formula is C21H25ClN6O4S2. The van der Waals surface area contributed by atoms with Gasteiger partial charge >= 0.3 is 11.8 Å². The molecule has 0 spiro atoms. The number of fused-ring (bicyclic) bond motifs is 1. The van der Waals surface area contributed by atoms with Gasteiger partial charge in [0.05, 0.1) is 27.1 Å². The third kappa shape index (κ3) is 5.74. The lowest BCUT2D eigenvalue weighted by Gasteiger charge is -2.38. The summed E-state index contributed by atoms with van der Waals surface area (Å²) in [4.78, 5) is 59.2. The number of likely N-dealkylation sites (N-methyl/N-ethyl adjacent to an activating group) is 1. The summed E-state index contributed by atoms with van der Waals surface area (Å²) in [5.74, 6) is -2.12. The molecule has 4 heterocycles. The smallest absolute Gasteiger partial charge is 0.314 e. The first kappa shape index (κ1) is 24.6. The van der Waals surface area contributed by atoms with Crippen LogP contribution in [0.4, 0.5) is 5.00 Å². The zero-order valence-corrected chi connectivity index (χ0v) is 21.1. The molecule has 2 aromatic heterocycles. The number of nitrogens with one attached hydrogen (secondary N) is 3. The molecule has 0 radical (unpaired) electrons. The number of carbonyl (C=O) groups excluding carboxylic acids is 4. The van der Waals surface area contributed by atoms with Crippen molar-refractivity contribution in [3.8, 4) is 0 Å². The lowest BCUT2D eigenvalue weighted by molar-refractivity contribution is -0.137. The first-order valence-corrected chi connectivity index (χ1v) is 12.8. The Labute approximate surface area is 209 Å². The van der Waals surface area contributed by atoms with E-state index in [1.165, 1.54) is 18.3 Å². The summed E-state index contributed by atoms with van der Waals surface area (Å²) in [6.07, 6.45) is 1.19. The van der Waals surface area contributed by atoms with Crippen molar-refractivity contribution in [2.45, 2.75) is 38.4 Å². The molecule has 0 aliphatic carbocycles. The van der Waals surface area contributed by atoms with Crippen LogP contribution < -0.4 is 16.0 Å². The van der Waals surface area contributed by atoms with E-state index >= 15 is 0 Å². The van der Waals surface area contributed by atoms with Crippen LogP contribution in [0.3, 0.4) is 0 Å². The number of hydrogen-bond donors (Lipinski definition) is 3. The average Bonchev–Trinajstić information content (AvgIpc) is 3.40. The number of hydrogen-bond acceptors (Lipinski definition) is 8. The van der Waals surface area contributed by atoms with Crippen LogP contribution >= 0.6 is 34.3 Å². The summed E-state index contributed by atoms with van der Waals surface area (Å²) in [7, 11) is 2.03. The fourth-order valence-corrected chi connectivity index (χ4v) is 6.02. The Balaban J connectivity index is 1.43. The number of carbonyl (C=O) groups is 4. The van der Waals surface area contributed by atoms with E-state index in [-0.39, 0.29) is 18.4 Å². The van der Waals surface area contributed by atoms with Crippen LogP contribution in [-0.4, -0.2) is 77.2 Å². The van der Waals surface area contributed by atoms with Crippen molar-refractivity contribution in [2.75, 3.05) is 32.0 Å². The maximum atomic E-state index is 13.0. The van der Waals surface area contributed by atoms with Crippen molar-refractivity contribution in [1.29, 1.82) is 0 Å². The average molecular weight is 525 g/mol. The third-order valence-electron chi connectivity index (χ3n) is 5.82. The van der Waals surface area contributed by atoms with Crippen LogP contribution in [0.2, 0.25) is 4.34 Å². The highest BCUT2D eigenvalue weighted by Crippen LogP contribution is 2.26. The normalized spacial score (nSPS) is 20.4. The second kappa shape index (κ2) is 10.4. The number of rotatable bonds is 4. The van der Waals surface area contributed by atoms with Gasteiger partial charge in [0, 0.05) is 44.4 Å². The number of aromatic nitrogens is 1. The molecule has 0 bridgehead atoms. The summed E-state index contributed by atoms with van der Waals surface area (Å²) < 4.78 is 0.491. The van der Waals surface area contributed by atoms with E-state index in [1.807, 2.05) is 7.05 Å². The number of piperidine rings is 1. The quantitative estimate of drug-likeness (QED) is 0.518. The Morgan fingerprint density at radius 1 is 1.09 bits per heavy atom. The molecule has 1 fully saturated rings. The Morgan fingerprint density at radius 2 is 1.88 bits per heavy atom. The highest BCUT2D eigenvalue weighted by Gasteiger charge is 2.34. The van der Waals surface area contributed by atoms with Gasteiger partial charge in [-0.2, -0.15) is 0 Å². The number of nitrogens with zero attached hydrogens (tertiary/aromatic N) is 3. The van der Waals surface area contributed by atoms with Crippen LogP contribution in [-0.2, 0) is 27.3 Å². The second-order valence-corrected chi connectivity index (χ2v) is 11.1. The van der Waals surface area contributed by atoms with Gasteiger partial charge in [0.2, 0.25) is 5.91 Å². The number of halogens is 1. The fraction of sp³-hybridized carbons (Fsp3) is 0.476. The number of thiophene rings is 1. The maximum absolute atomic E-state index is 13.0. The van der Waals surface area contributed by atoms with E-state index in [1.54, 1.807) is 17.0 Å². The Kier molecular flexibility index (Phi) is 7.51. The van der Waals surface area contributed by atoms with E-state index in [4.69, 9.17) is 11.6 Å². The molecule has 1 saturated heterocycles. The van der Waals surface area contributed by atoms with Crippen LogP contribution in [0, 0.1) is 0 Å². The monoisotopic (exact) mass is 524 g/mol. The van der Waals surface area contributed by atoms with Crippen molar-refractivity contribution in [2.24, 2.45) is 0 Å².